The van der Waals surface area contributed by atoms with Crippen molar-refractivity contribution < 1.29 is 0 Å². The maximum Gasteiger partial charge on any atom is 0.239 e. The molecule has 0 atom stereocenters. The van der Waals surface area contributed by atoms with Crippen LogP contribution in [0.5, 0.6) is 0 Å². The van der Waals surface area contributed by atoms with E-state index in [2.05, 4.69) is 29.0 Å². The Kier molecular flexibility index (Phi) is 3.42. The first kappa shape index (κ1) is 12.8. The number of quaternary nitrogens is 1. The van der Waals surface area contributed by atoms with E-state index in [1.54, 1.807) is 0 Å². The van der Waals surface area contributed by atoms with Crippen molar-refractivity contribution in [3.05, 3.63) is 29.5 Å². The molecule has 0 amide bonds. The SMILES string of the molecule is CCC[N+]1(c2nc(Cl)nc3ccccc23)CCCC1. The molecule has 2 heterocycles. The Hall–Kier alpha value is -1.19. The standard InChI is InChI=1S/C15H19ClN3/c1-2-9-19(10-5-6-11-19)14-12-7-3-4-8-13(12)17-15(16)18-14/h3-4,7-8H,2,5-6,9-11H2,1H3/q+1. The van der Waals surface area contributed by atoms with E-state index in [-0.39, 0.29) is 0 Å². The fourth-order valence-electron chi connectivity index (χ4n) is 3.30. The number of benzene rings is 1. The summed E-state index contributed by atoms with van der Waals surface area (Å²) >= 11 is 6.13. The largest absolute Gasteiger partial charge is 0.274 e. The Morgan fingerprint density at radius 2 is 1.89 bits per heavy atom. The van der Waals surface area contributed by atoms with Gasteiger partial charge in [-0.1, -0.05) is 19.1 Å². The predicted molar refractivity (Wildman–Crippen MR) is 80.5 cm³/mol. The first-order valence-corrected chi connectivity index (χ1v) is 7.42. The molecular formula is C15H19ClN3+. The summed E-state index contributed by atoms with van der Waals surface area (Å²) in [5.41, 5.74) is 0.956. The van der Waals surface area contributed by atoms with Crippen molar-refractivity contribution >= 4 is 28.3 Å². The smallest absolute Gasteiger partial charge is 0.239 e. The summed E-state index contributed by atoms with van der Waals surface area (Å²) in [6, 6.07) is 8.20. The second kappa shape index (κ2) is 5.06. The minimum atomic E-state index is 0.370. The molecule has 3 rings (SSSR count). The molecule has 19 heavy (non-hydrogen) atoms. The zero-order chi connectivity index (χ0) is 13.3. The number of hydrogen-bond donors (Lipinski definition) is 0. The molecule has 3 nitrogen and oxygen atoms in total. The van der Waals surface area contributed by atoms with E-state index in [1.165, 1.54) is 25.9 Å². The van der Waals surface area contributed by atoms with Gasteiger partial charge in [-0.2, -0.15) is 4.98 Å². The lowest BCUT2D eigenvalue weighted by Gasteiger charge is -2.32. The fraction of sp³-hybridized carbons (Fsp3) is 0.467. The first-order chi connectivity index (χ1) is 9.25. The quantitative estimate of drug-likeness (QED) is 0.630. The molecule has 1 aromatic heterocycles. The third-order valence-corrected chi connectivity index (χ3v) is 4.25. The summed E-state index contributed by atoms with van der Waals surface area (Å²) in [5.74, 6) is 1.12. The third kappa shape index (κ3) is 2.21. The van der Waals surface area contributed by atoms with Crippen LogP contribution in [0.25, 0.3) is 10.9 Å². The van der Waals surface area contributed by atoms with Crippen molar-refractivity contribution in [1.82, 2.24) is 14.5 Å². The Morgan fingerprint density at radius 1 is 1.16 bits per heavy atom. The zero-order valence-electron chi connectivity index (χ0n) is 11.3. The molecule has 0 spiro atoms. The number of halogens is 1. The van der Waals surface area contributed by atoms with Crippen molar-refractivity contribution in [3.63, 3.8) is 0 Å². The Bertz CT molecular complexity index is 591. The molecule has 0 bridgehead atoms. The average Bonchev–Trinajstić information content (AvgIpc) is 2.88. The lowest BCUT2D eigenvalue weighted by molar-refractivity contribution is 0.327. The minimum Gasteiger partial charge on any atom is -0.274 e. The van der Waals surface area contributed by atoms with E-state index in [1.807, 2.05) is 12.1 Å². The van der Waals surface area contributed by atoms with Crippen LogP contribution in [0, 0.1) is 0 Å². The summed E-state index contributed by atoms with van der Waals surface area (Å²) in [4.78, 5) is 8.94. The molecule has 1 saturated heterocycles. The lowest BCUT2D eigenvalue weighted by Crippen LogP contribution is -2.47. The maximum atomic E-state index is 6.13. The van der Waals surface area contributed by atoms with Crippen LogP contribution in [-0.4, -0.2) is 29.6 Å². The highest BCUT2D eigenvalue weighted by Gasteiger charge is 2.36. The normalized spacial score (nSPS) is 18.0. The van der Waals surface area contributed by atoms with Crippen LogP contribution in [0.4, 0.5) is 5.82 Å². The molecule has 1 aromatic carbocycles. The van der Waals surface area contributed by atoms with Gasteiger partial charge in [0, 0.05) is 12.8 Å². The molecule has 4 heteroatoms. The molecule has 0 aliphatic carbocycles. The van der Waals surface area contributed by atoms with E-state index in [9.17, 15) is 0 Å². The van der Waals surface area contributed by atoms with Gasteiger partial charge in [-0.15, -0.1) is 0 Å². The lowest BCUT2D eigenvalue weighted by atomic mass is 10.2. The fourth-order valence-corrected chi connectivity index (χ4v) is 3.47. The molecule has 0 unspecified atom stereocenters. The summed E-state index contributed by atoms with van der Waals surface area (Å²) in [6.45, 7) is 5.72. The van der Waals surface area contributed by atoms with Crippen LogP contribution in [-0.2, 0) is 0 Å². The highest BCUT2D eigenvalue weighted by molar-refractivity contribution is 6.28. The molecule has 1 fully saturated rings. The highest BCUT2D eigenvalue weighted by atomic mass is 35.5. The Morgan fingerprint density at radius 3 is 2.63 bits per heavy atom. The number of para-hydroxylation sites is 1. The number of fused-ring (bicyclic) bond motifs is 1. The van der Waals surface area contributed by atoms with Crippen LogP contribution >= 0.6 is 11.6 Å². The van der Waals surface area contributed by atoms with E-state index in [4.69, 9.17) is 11.6 Å². The highest BCUT2D eigenvalue weighted by Crippen LogP contribution is 2.34. The van der Waals surface area contributed by atoms with E-state index in [0.29, 0.717) is 5.28 Å². The summed E-state index contributed by atoms with van der Waals surface area (Å²) < 4.78 is 0.971. The van der Waals surface area contributed by atoms with Gasteiger partial charge in [0.15, 0.2) is 0 Å². The van der Waals surface area contributed by atoms with Gasteiger partial charge < -0.3 is 0 Å². The van der Waals surface area contributed by atoms with Gasteiger partial charge in [0.25, 0.3) is 0 Å². The van der Waals surface area contributed by atoms with E-state index >= 15 is 0 Å². The molecular weight excluding hydrogens is 258 g/mol. The Balaban J connectivity index is 2.22. The molecule has 1 aliphatic heterocycles. The second-order valence-corrected chi connectivity index (χ2v) is 5.69. The topological polar surface area (TPSA) is 25.8 Å². The van der Waals surface area contributed by atoms with Crippen LogP contribution in [0.1, 0.15) is 26.2 Å². The van der Waals surface area contributed by atoms with Crippen LogP contribution < -0.4 is 4.48 Å². The Labute approximate surface area is 118 Å². The van der Waals surface area contributed by atoms with Crippen LogP contribution in [0.2, 0.25) is 5.28 Å². The molecule has 2 aromatic rings. The molecule has 0 N–H and O–H groups in total. The van der Waals surface area contributed by atoms with Crippen LogP contribution in [0.15, 0.2) is 24.3 Å². The summed E-state index contributed by atoms with van der Waals surface area (Å²) in [6.07, 6.45) is 3.71. The molecule has 0 saturated carbocycles. The maximum absolute atomic E-state index is 6.13. The number of hydrogen-bond acceptors (Lipinski definition) is 2. The molecule has 1 aliphatic rings. The second-order valence-electron chi connectivity index (χ2n) is 5.36. The van der Waals surface area contributed by atoms with Crippen LogP contribution in [0.3, 0.4) is 0 Å². The average molecular weight is 277 g/mol. The number of rotatable bonds is 3. The number of aromatic nitrogens is 2. The van der Waals surface area contributed by atoms with Crippen molar-refractivity contribution in [1.29, 1.82) is 0 Å². The van der Waals surface area contributed by atoms with Gasteiger partial charge in [-0.05, 0) is 30.2 Å². The van der Waals surface area contributed by atoms with Crippen molar-refractivity contribution in [2.24, 2.45) is 0 Å². The number of nitrogens with zero attached hydrogens (tertiary/aromatic N) is 3. The van der Waals surface area contributed by atoms with E-state index < -0.39 is 0 Å². The molecule has 100 valence electrons. The van der Waals surface area contributed by atoms with Crippen molar-refractivity contribution in [2.45, 2.75) is 26.2 Å². The zero-order valence-corrected chi connectivity index (χ0v) is 12.0. The minimum absolute atomic E-state index is 0.370. The van der Waals surface area contributed by atoms with Gasteiger partial charge in [0.2, 0.25) is 11.1 Å². The first-order valence-electron chi connectivity index (χ1n) is 7.04. The van der Waals surface area contributed by atoms with E-state index in [0.717, 1.165) is 34.2 Å². The summed E-state index contributed by atoms with van der Waals surface area (Å²) in [7, 11) is 0. The van der Waals surface area contributed by atoms with Crippen molar-refractivity contribution in [2.75, 3.05) is 19.6 Å². The van der Waals surface area contributed by atoms with Gasteiger partial charge >= 0.3 is 0 Å². The third-order valence-electron chi connectivity index (χ3n) is 4.08. The number of likely N-dealkylation sites (tertiary alicyclic amines) is 1. The predicted octanol–water partition coefficient (Wildman–Crippen LogP) is 3.79. The van der Waals surface area contributed by atoms with Gasteiger partial charge in [0.1, 0.15) is 0 Å². The molecule has 0 radical (unpaired) electrons. The summed E-state index contributed by atoms with van der Waals surface area (Å²) in [5, 5.41) is 1.52. The van der Waals surface area contributed by atoms with Gasteiger partial charge in [-0.3, -0.25) is 4.48 Å². The van der Waals surface area contributed by atoms with Gasteiger partial charge in [0.05, 0.1) is 30.5 Å². The monoisotopic (exact) mass is 276 g/mol. The van der Waals surface area contributed by atoms with Gasteiger partial charge in [-0.25, -0.2) is 4.98 Å². The van der Waals surface area contributed by atoms with Crippen molar-refractivity contribution in [3.8, 4) is 0 Å².